The number of ether oxygens (including phenoxy) is 1. The van der Waals surface area contributed by atoms with Crippen LogP contribution in [0.2, 0.25) is 0 Å². The molecule has 0 spiro atoms. The number of halogens is 1. The van der Waals surface area contributed by atoms with Crippen LogP contribution in [0.15, 0.2) is 48.5 Å². The average Bonchev–Trinajstić information content (AvgIpc) is 2.56. The van der Waals surface area contributed by atoms with Crippen LogP contribution in [0.3, 0.4) is 0 Å². The number of nitrogens with zero attached hydrogens (tertiary/aromatic N) is 1. The Hall–Kier alpha value is -2.24. The molecule has 3 rings (SSSR count). The lowest BCUT2D eigenvalue weighted by atomic mass is 10.1. The Labute approximate surface area is 147 Å². The highest BCUT2D eigenvalue weighted by Crippen LogP contribution is 2.16. The summed E-state index contributed by atoms with van der Waals surface area (Å²) in [6.07, 6.45) is 0.481. The summed E-state index contributed by atoms with van der Waals surface area (Å²) in [4.78, 5) is 14.6. The van der Waals surface area contributed by atoms with E-state index in [2.05, 4.69) is 24.1 Å². The van der Waals surface area contributed by atoms with Crippen molar-refractivity contribution in [1.29, 1.82) is 0 Å². The minimum Gasteiger partial charge on any atom is -0.373 e. The van der Waals surface area contributed by atoms with Gasteiger partial charge in [-0.25, -0.2) is 4.39 Å². The Morgan fingerprint density at radius 2 is 1.68 bits per heavy atom. The normalized spacial score (nSPS) is 21.1. The lowest BCUT2D eigenvalue weighted by molar-refractivity contribution is -0.0704. The van der Waals surface area contributed by atoms with E-state index < -0.39 is 0 Å². The molecule has 1 N–H and O–H groups in total. The van der Waals surface area contributed by atoms with Crippen LogP contribution < -0.4 is 5.32 Å². The van der Waals surface area contributed by atoms with Crippen LogP contribution in [0.1, 0.15) is 29.8 Å². The van der Waals surface area contributed by atoms with E-state index in [1.54, 1.807) is 12.1 Å². The molecular weight excluding hydrogens is 319 g/mol. The molecule has 0 aromatic heterocycles. The maximum Gasteiger partial charge on any atom is 0.255 e. The quantitative estimate of drug-likeness (QED) is 0.921. The molecule has 2 aromatic rings. The highest BCUT2D eigenvalue weighted by molar-refractivity contribution is 6.04. The first kappa shape index (κ1) is 17.6. The van der Waals surface area contributed by atoms with Crippen LogP contribution >= 0.6 is 0 Å². The first-order valence-electron chi connectivity index (χ1n) is 8.53. The minimum atomic E-state index is -0.325. The molecule has 5 heteroatoms. The number of hydrogen-bond acceptors (Lipinski definition) is 3. The molecule has 1 aliphatic rings. The number of carbonyl (C=O) groups is 1. The highest BCUT2D eigenvalue weighted by atomic mass is 19.1. The largest absolute Gasteiger partial charge is 0.373 e. The van der Waals surface area contributed by atoms with Crippen molar-refractivity contribution >= 4 is 11.6 Å². The van der Waals surface area contributed by atoms with Gasteiger partial charge in [0, 0.05) is 30.9 Å². The lowest BCUT2D eigenvalue weighted by Crippen LogP contribution is -2.44. The summed E-state index contributed by atoms with van der Waals surface area (Å²) in [5, 5.41) is 2.77. The lowest BCUT2D eigenvalue weighted by Gasteiger charge is -2.35. The number of benzene rings is 2. The van der Waals surface area contributed by atoms with Crippen molar-refractivity contribution < 1.29 is 13.9 Å². The Kier molecular flexibility index (Phi) is 5.46. The van der Waals surface area contributed by atoms with E-state index in [1.807, 2.05) is 24.3 Å². The third-order valence-corrected chi connectivity index (χ3v) is 4.22. The van der Waals surface area contributed by atoms with E-state index in [4.69, 9.17) is 4.74 Å². The van der Waals surface area contributed by atoms with Crippen molar-refractivity contribution in [2.24, 2.45) is 0 Å². The van der Waals surface area contributed by atoms with Crippen LogP contribution in [0, 0.1) is 5.82 Å². The molecule has 1 saturated heterocycles. The van der Waals surface area contributed by atoms with Gasteiger partial charge in [0.15, 0.2) is 0 Å². The number of anilines is 1. The van der Waals surface area contributed by atoms with Crippen molar-refractivity contribution in [2.45, 2.75) is 32.6 Å². The maximum absolute atomic E-state index is 12.9. The summed E-state index contributed by atoms with van der Waals surface area (Å²) in [6.45, 7) is 6.85. The van der Waals surface area contributed by atoms with E-state index in [-0.39, 0.29) is 23.9 Å². The molecule has 0 bridgehead atoms. The molecule has 25 heavy (non-hydrogen) atoms. The Bertz CT molecular complexity index is 705. The van der Waals surface area contributed by atoms with Crippen LogP contribution in [0.25, 0.3) is 0 Å². The summed E-state index contributed by atoms with van der Waals surface area (Å²) in [7, 11) is 0. The van der Waals surface area contributed by atoms with Crippen molar-refractivity contribution in [1.82, 2.24) is 4.90 Å². The Morgan fingerprint density at radius 1 is 1.08 bits per heavy atom. The van der Waals surface area contributed by atoms with E-state index in [9.17, 15) is 9.18 Å². The first-order chi connectivity index (χ1) is 12.0. The number of carbonyl (C=O) groups excluding carboxylic acids is 1. The molecule has 1 heterocycles. The van der Waals surface area contributed by atoms with Gasteiger partial charge in [0.1, 0.15) is 5.82 Å². The predicted molar refractivity (Wildman–Crippen MR) is 96.1 cm³/mol. The van der Waals surface area contributed by atoms with Gasteiger partial charge in [-0.15, -0.1) is 0 Å². The maximum atomic E-state index is 12.9. The van der Waals surface area contributed by atoms with Crippen LogP contribution in [-0.4, -0.2) is 36.1 Å². The van der Waals surface area contributed by atoms with E-state index in [0.717, 1.165) is 19.6 Å². The summed E-state index contributed by atoms with van der Waals surface area (Å²) in [5.41, 5.74) is 2.32. The van der Waals surface area contributed by atoms with Gasteiger partial charge in [-0.2, -0.15) is 0 Å². The average molecular weight is 342 g/mol. The summed E-state index contributed by atoms with van der Waals surface area (Å²) < 4.78 is 18.7. The van der Waals surface area contributed by atoms with Gasteiger partial charge in [0.25, 0.3) is 5.91 Å². The first-order valence-corrected chi connectivity index (χ1v) is 8.53. The van der Waals surface area contributed by atoms with Crippen molar-refractivity contribution in [3.8, 4) is 0 Å². The molecule has 2 atom stereocenters. The number of nitrogens with one attached hydrogen (secondary N) is 1. The molecule has 1 fully saturated rings. The minimum absolute atomic E-state index is 0.202. The zero-order valence-corrected chi connectivity index (χ0v) is 14.5. The van der Waals surface area contributed by atoms with Crippen LogP contribution in [0.5, 0.6) is 0 Å². The molecule has 0 radical (unpaired) electrons. The zero-order valence-electron chi connectivity index (χ0n) is 14.5. The zero-order chi connectivity index (χ0) is 17.8. The molecule has 2 aromatic carbocycles. The van der Waals surface area contributed by atoms with E-state index in [0.29, 0.717) is 11.3 Å². The van der Waals surface area contributed by atoms with Crippen LogP contribution in [0.4, 0.5) is 10.1 Å². The molecular formula is C20H23FN2O2. The van der Waals surface area contributed by atoms with Crippen LogP contribution in [-0.2, 0) is 11.3 Å². The van der Waals surface area contributed by atoms with Gasteiger partial charge in [0.2, 0.25) is 0 Å². The number of rotatable bonds is 4. The highest BCUT2D eigenvalue weighted by Gasteiger charge is 2.22. The van der Waals surface area contributed by atoms with Gasteiger partial charge >= 0.3 is 0 Å². The standard InChI is InChI=1S/C20H23FN2O2/c1-14-11-23(12-15(2)25-14)13-16-3-5-17(6-4-16)20(24)22-19-9-7-18(21)8-10-19/h3-10,14-15H,11-13H2,1-2H3,(H,22,24). The molecule has 1 amide bonds. The molecule has 4 nitrogen and oxygen atoms in total. The van der Waals surface area contributed by atoms with Gasteiger partial charge in [-0.3, -0.25) is 9.69 Å². The second kappa shape index (κ2) is 7.76. The van der Waals surface area contributed by atoms with E-state index in [1.165, 1.54) is 17.7 Å². The SMILES string of the molecule is CC1CN(Cc2ccc(C(=O)Nc3ccc(F)cc3)cc2)CC(C)O1. The fraction of sp³-hybridized carbons (Fsp3) is 0.350. The third-order valence-electron chi connectivity index (χ3n) is 4.22. The second-order valence-corrected chi connectivity index (χ2v) is 6.61. The number of amides is 1. The predicted octanol–water partition coefficient (Wildman–Crippen LogP) is 3.69. The topological polar surface area (TPSA) is 41.6 Å². The number of hydrogen-bond donors (Lipinski definition) is 1. The molecule has 132 valence electrons. The Morgan fingerprint density at radius 3 is 2.28 bits per heavy atom. The number of morpholine rings is 1. The summed E-state index contributed by atoms with van der Waals surface area (Å²) >= 11 is 0. The molecule has 0 saturated carbocycles. The third kappa shape index (κ3) is 4.87. The van der Waals surface area contributed by atoms with Crippen molar-refractivity contribution in [3.63, 3.8) is 0 Å². The fourth-order valence-corrected chi connectivity index (χ4v) is 3.17. The summed E-state index contributed by atoms with van der Waals surface area (Å²) in [6, 6.07) is 13.3. The van der Waals surface area contributed by atoms with Crippen molar-refractivity contribution in [2.75, 3.05) is 18.4 Å². The molecule has 1 aliphatic heterocycles. The summed E-state index contributed by atoms with van der Waals surface area (Å²) in [5.74, 6) is -0.527. The van der Waals surface area contributed by atoms with Gasteiger partial charge < -0.3 is 10.1 Å². The van der Waals surface area contributed by atoms with Gasteiger partial charge in [-0.05, 0) is 55.8 Å². The van der Waals surface area contributed by atoms with E-state index >= 15 is 0 Å². The Balaban J connectivity index is 1.59. The monoisotopic (exact) mass is 342 g/mol. The fourth-order valence-electron chi connectivity index (χ4n) is 3.17. The van der Waals surface area contributed by atoms with Gasteiger partial charge in [0.05, 0.1) is 12.2 Å². The smallest absolute Gasteiger partial charge is 0.255 e. The molecule has 2 unspecified atom stereocenters. The molecule has 0 aliphatic carbocycles. The van der Waals surface area contributed by atoms with Gasteiger partial charge in [-0.1, -0.05) is 12.1 Å². The van der Waals surface area contributed by atoms with Crippen molar-refractivity contribution in [3.05, 3.63) is 65.5 Å². The second-order valence-electron chi connectivity index (χ2n) is 6.61.